The number of rotatable bonds is 2. The molecule has 1 aromatic carbocycles. The van der Waals surface area contributed by atoms with Crippen molar-refractivity contribution < 1.29 is 9.90 Å². The van der Waals surface area contributed by atoms with E-state index in [0.717, 1.165) is 6.08 Å². The van der Waals surface area contributed by atoms with E-state index in [1.54, 1.807) is 24.3 Å². The van der Waals surface area contributed by atoms with Gasteiger partial charge in [0.25, 0.3) is 0 Å². The lowest BCUT2D eigenvalue weighted by Gasteiger charge is -1.98. The summed E-state index contributed by atoms with van der Waals surface area (Å²) < 4.78 is 0. The second-order valence-electron chi connectivity index (χ2n) is 2.51. The molecule has 1 aromatic rings. The zero-order valence-corrected chi connectivity index (χ0v) is 7.32. The molecule has 0 aliphatic heterocycles. The summed E-state index contributed by atoms with van der Waals surface area (Å²) in [7, 11) is 1.51. The molecule has 13 heavy (non-hydrogen) atoms. The highest BCUT2D eigenvalue weighted by Gasteiger charge is 1.99. The molecule has 0 unspecified atom stereocenters. The van der Waals surface area contributed by atoms with Crippen LogP contribution in [0.5, 0.6) is 0 Å². The van der Waals surface area contributed by atoms with Crippen LogP contribution in [0.4, 0.5) is 0 Å². The van der Waals surface area contributed by atoms with Crippen molar-refractivity contribution in [3.63, 3.8) is 0 Å². The maximum Gasteiger partial charge on any atom is 0.247 e. The lowest BCUT2D eigenvalue weighted by Crippen LogP contribution is -2.14. The van der Waals surface area contributed by atoms with Gasteiger partial charge >= 0.3 is 0 Å². The van der Waals surface area contributed by atoms with Gasteiger partial charge in [0.2, 0.25) is 5.91 Å². The quantitative estimate of drug-likeness (QED) is 0.529. The number of nitrogens with one attached hydrogen (secondary N) is 1. The molecule has 0 saturated heterocycles. The van der Waals surface area contributed by atoms with Gasteiger partial charge in [0, 0.05) is 18.7 Å². The molecule has 0 atom stereocenters. The Morgan fingerprint density at radius 1 is 1.38 bits per heavy atom. The van der Waals surface area contributed by atoms with Crippen molar-refractivity contribution in [1.29, 1.82) is 0 Å². The minimum atomic E-state index is -0.318. The van der Waals surface area contributed by atoms with Crippen molar-refractivity contribution in [3.8, 4) is 0 Å². The number of carbonyl (C=O) groups excluding carboxylic acids is 1. The summed E-state index contributed by atoms with van der Waals surface area (Å²) in [6.07, 6.45) is 1.15. The number of hydrogen-bond donors (Lipinski definition) is 2. The predicted octanol–water partition coefficient (Wildman–Crippen LogP) is 1.33. The summed E-state index contributed by atoms with van der Waals surface area (Å²) in [6.45, 7) is 0. The lowest BCUT2D eigenvalue weighted by molar-refractivity contribution is -0.116. The summed E-state index contributed by atoms with van der Waals surface area (Å²) in [6, 6.07) is 8.90. The number of aliphatic hydroxyl groups is 1. The van der Waals surface area contributed by atoms with Gasteiger partial charge in [-0.3, -0.25) is 4.79 Å². The van der Waals surface area contributed by atoms with E-state index in [9.17, 15) is 9.90 Å². The van der Waals surface area contributed by atoms with Crippen LogP contribution < -0.4 is 5.32 Å². The van der Waals surface area contributed by atoms with E-state index in [-0.39, 0.29) is 11.7 Å². The largest absolute Gasteiger partial charge is 0.507 e. The maximum atomic E-state index is 10.8. The van der Waals surface area contributed by atoms with Crippen LogP contribution >= 0.6 is 0 Å². The Labute approximate surface area is 76.7 Å². The molecule has 0 spiro atoms. The molecule has 3 nitrogen and oxygen atoms in total. The molecule has 0 saturated carbocycles. The number of likely N-dealkylation sites (N-methyl/N-ethyl adjacent to an activating group) is 1. The van der Waals surface area contributed by atoms with Crippen molar-refractivity contribution in [3.05, 3.63) is 42.0 Å². The molecule has 0 aliphatic carbocycles. The summed E-state index contributed by atoms with van der Waals surface area (Å²) in [4.78, 5) is 10.8. The summed E-state index contributed by atoms with van der Waals surface area (Å²) in [5.41, 5.74) is 0.631. The van der Waals surface area contributed by atoms with Crippen LogP contribution in [0.3, 0.4) is 0 Å². The fourth-order valence-electron chi connectivity index (χ4n) is 0.889. The molecular formula is C10H11NO2. The van der Waals surface area contributed by atoms with Crippen molar-refractivity contribution in [2.75, 3.05) is 7.05 Å². The highest BCUT2D eigenvalue weighted by Crippen LogP contribution is 2.09. The van der Waals surface area contributed by atoms with Crippen LogP contribution in [0.25, 0.3) is 5.76 Å². The van der Waals surface area contributed by atoms with Crippen molar-refractivity contribution in [2.24, 2.45) is 0 Å². The van der Waals surface area contributed by atoms with Crippen LogP contribution in [-0.4, -0.2) is 18.1 Å². The molecule has 0 aliphatic rings. The lowest BCUT2D eigenvalue weighted by atomic mass is 10.2. The highest BCUT2D eigenvalue weighted by atomic mass is 16.3. The second kappa shape index (κ2) is 4.30. The fourth-order valence-corrected chi connectivity index (χ4v) is 0.889. The van der Waals surface area contributed by atoms with Crippen LogP contribution in [0.2, 0.25) is 0 Å². The first-order valence-corrected chi connectivity index (χ1v) is 3.92. The minimum absolute atomic E-state index is 0.0278. The van der Waals surface area contributed by atoms with Gasteiger partial charge in [-0.2, -0.15) is 0 Å². The van der Waals surface area contributed by atoms with Gasteiger partial charge in [-0.1, -0.05) is 30.3 Å². The minimum Gasteiger partial charge on any atom is -0.507 e. The molecule has 1 rings (SSSR count). The summed E-state index contributed by atoms with van der Waals surface area (Å²) in [5.74, 6) is -0.346. The first-order chi connectivity index (χ1) is 6.24. The van der Waals surface area contributed by atoms with Crippen LogP contribution in [0.15, 0.2) is 36.4 Å². The average molecular weight is 177 g/mol. The van der Waals surface area contributed by atoms with Gasteiger partial charge in [-0.05, 0) is 0 Å². The normalized spacial score (nSPS) is 11.0. The Morgan fingerprint density at radius 3 is 2.54 bits per heavy atom. The third kappa shape index (κ3) is 2.63. The second-order valence-corrected chi connectivity index (χ2v) is 2.51. The van der Waals surface area contributed by atoms with E-state index in [0.29, 0.717) is 5.56 Å². The first-order valence-electron chi connectivity index (χ1n) is 3.92. The Kier molecular flexibility index (Phi) is 3.09. The topological polar surface area (TPSA) is 49.3 Å². The molecule has 0 heterocycles. The van der Waals surface area contributed by atoms with Gasteiger partial charge in [0.15, 0.2) is 0 Å². The SMILES string of the molecule is CNC(=O)/C=C(/O)c1ccccc1. The fraction of sp³-hybridized carbons (Fsp3) is 0.100. The van der Waals surface area contributed by atoms with E-state index in [2.05, 4.69) is 5.32 Å². The number of carbonyl (C=O) groups is 1. The van der Waals surface area contributed by atoms with Gasteiger partial charge < -0.3 is 10.4 Å². The maximum absolute atomic E-state index is 10.8. The highest BCUT2D eigenvalue weighted by molar-refractivity contribution is 5.93. The Hall–Kier alpha value is -1.77. The monoisotopic (exact) mass is 177 g/mol. The molecule has 0 fully saturated rings. The number of amides is 1. The van der Waals surface area contributed by atoms with Gasteiger partial charge in [0.1, 0.15) is 5.76 Å². The molecule has 0 aromatic heterocycles. The number of hydrogen-bond acceptors (Lipinski definition) is 2. The molecule has 0 radical (unpaired) electrons. The molecule has 1 amide bonds. The van der Waals surface area contributed by atoms with Crippen LogP contribution in [0, 0.1) is 0 Å². The van der Waals surface area contributed by atoms with E-state index < -0.39 is 0 Å². The Balaban J connectivity index is 2.85. The van der Waals surface area contributed by atoms with Crippen LogP contribution in [0.1, 0.15) is 5.56 Å². The molecule has 3 heteroatoms. The van der Waals surface area contributed by atoms with Gasteiger partial charge in [-0.25, -0.2) is 0 Å². The third-order valence-electron chi connectivity index (χ3n) is 1.58. The smallest absolute Gasteiger partial charge is 0.247 e. The van der Waals surface area contributed by atoms with Crippen molar-refractivity contribution in [1.82, 2.24) is 5.32 Å². The van der Waals surface area contributed by atoms with Crippen molar-refractivity contribution in [2.45, 2.75) is 0 Å². The summed E-state index contributed by atoms with van der Waals surface area (Å²) >= 11 is 0. The Morgan fingerprint density at radius 2 is 2.00 bits per heavy atom. The average Bonchev–Trinajstić information content (AvgIpc) is 2.19. The zero-order valence-electron chi connectivity index (χ0n) is 7.32. The zero-order chi connectivity index (χ0) is 9.68. The molecule has 2 N–H and O–H groups in total. The van der Waals surface area contributed by atoms with Crippen LogP contribution in [-0.2, 0) is 4.79 Å². The standard InChI is InChI=1S/C10H11NO2/c1-11-10(13)7-9(12)8-5-3-2-4-6-8/h2-7,12H,1H3,(H,11,13)/b9-7+. The van der Waals surface area contributed by atoms with Gasteiger partial charge in [0.05, 0.1) is 0 Å². The molecule has 0 bridgehead atoms. The van der Waals surface area contributed by atoms with Crippen molar-refractivity contribution >= 4 is 11.7 Å². The number of aliphatic hydroxyl groups excluding tert-OH is 1. The van der Waals surface area contributed by atoms with E-state index >= 15 is 0 Å². The van der Waals surface area contributed by atoms with E-state index in [4.69, 9.17) is 0 Å². The third-order valence-corrected chi connectivity index (χ3v) is 1.58. The van der Waals surface area contributed by atoms with E-state index in [1.807, 2.05) is 6.07 Å². The van der Waals surface area contributed by atoms with E-state index in [1.165, 1.54) is 7.05 Å². The molecule has 68 valence electrons. The predicted molar refractivity (Wildman–Crippen MR) is 51.1 cm³/mol. The summed E-state index contributed by atoms with van der Waals surface area (Å²) in [5, 5.41) is 11.8. The number of benzene rings is 1. The Bertz CT molecular complexity index is 317. The van der Waals surface area contributed by atoms with Gasteiger partial charge in [-0.15, -0.1) is 0 Å². The first kappa shape index (κ1) is 9.32. The molecular weight excluding hydrogens is 166 g/mol.